The van der Waals surface area contributed by atoms with Crippen molar-refractivity contribution in [3.05, 3.63) is 59.2 Å². The van der Waals surface area contributed by atoms with Crippen molar-refractivity contribution in [2.75, 3.05) is 12.4 Å². The Morgan fingerprint density at radius 2 is 1.89 bits per heavy atom. The second-order valence-corrected chi connectivity index (χ2v) is 4.78. The van der Waals surface area contributed by atoms with E-state index in [9.17, 15) is 0 Å². The summed E-state index contributed by atoms with van der Waals surface area (Å²) in [6.45, 7) is 2.15. The van der Waals surface area contributed by atoms with E-state index in [0.717, 1.165) is 12.2 Å². The number of hydrogen-bond acceptors (Lipinski definition) is 2. The van der Waals surface area contributed by atoms with Gasteiger partial charge in [0.25, 0.3) is 0 Å². The Morgan fingerprint density at radius 3 is 2.56 bits per heavy atom. The Bertz CT molecular complexity index is 560. The summed E-state index contributed by atoms with van der Waals surface area (Å²) in [5, 5.41) is 3.62. The van der Waals surface area contributed by atoms with Gasteiger partial charge in [0.1, 0.15) is 5.75 Å². The minimum atomic E-state index is 0.381. The molecule has 18 heavy (non-hydrogen) atoms. The van der Waals surface area contributed by atoms with Gasteiger partial charge in [-0.3, -0.25) is 0 Å². The summed E-state index contributed by atoms with van der Waals surface area (Å²) in [7, 11) is 1.70. The molecule has 1 unspecified atom stereocenters. The van der Waals surface area contributed by atoms with Gasteiger partial charge >= 0.3 is 0 Å². The van der Waals surface area contributed by atoms with Gasteiger partial charge in [0.05, 0.1) is 13.2 Å². The van der Waals surface area contributed by atoms with Gasteiger partial charge in [-0.15, -0.1) is 0 Å². The molecule has 92 valence electrons. The topological polar surface area (TPSA) is 21.3 Å². The molecule has 0 aliphatic carbocycles. The predicted octanol–water partition coefficient (Wildman–Crippen LogP) is 3.71. The number of para-hydroxylation sites is 1. The second kappa shape index (κ2) is 4.37. The maximum atomic E-state index is 5.19. The molecule has 3 rings (SSSR count). The zero-order chi connectivity index (χ0) is 12.5. The molecular formula is C16H17NO. The molecule has 2 aromatic carbocycles. The first kappa shape index (κ1) is 11.1. The zero-order valence-corrected chi connectivity index (χ0v) is 10.7. The van der Waals surface area contributed by atoms with Crippen LogP contribution in [-0.4, -0.2) is 7.11 Å². The summed E-state index contributed by atoms with van der Waals surface area (Å²) in [5.74, 6) is 0.908. The van der Waals surface area contributed by atoms with Crippen LogP contribution in [-0.2, 0) is 6.42 Å². The van der Waals surface area contributed by atoms with E-state index in [4.69, 9.17) is 4.74 Å². The highest BCUT2D eigenvalue weighted by molar-refractivity contribution is 5.62. The van der Waals surface area contributed by atoms with E-state index < -0.39 is 0 Å². The van der Waals surface area contributed by atoms with Crippen LogP contribution in [0.5, 0.6) is 5.75 Å². The molecule has 2 aromatic rings. The summed E-state index contributed by atoms with van der Waals surface area (Å²) in [4.78, 5) is 0. The third-order valence-corrected chi connectivity index (χ3v) is 3.62. The fourth-order valence-corrected chi connectivity index (χ4v) is 2.59. The van der Waals surface area contributed by atoms with E-state index >= 15 is 0 Å². The quantitative estimate of drug-likeness (QED) is 0.862. The van der Waals surface area contributed by atoms with E-state index in [2.05, 4.69) is 42.6 Å². The van der Waals surface area contributed by atoms with Gasteiger partial charge in [-0.05, 0) is 42.2 Å². The van der Waals surface area contributed by atoms with Gasteiger partial charge < -0.3 is 10.1 Å². The second-order valence-electron chi connectivity index (χ2n) is 4.78. The molecule has 0 saturated carbocycles. The van der Waals surface area contributed by atoms with Crippen LogP contribution in [0.3, 0.4) is 0 Å². The third kappa shape index (κ3) is 1.84. The standard InChI is InChI=1S/C16H17NO/c1-11-4-3-5-13-10-15(17-16(11)13)12-6-8-14(18-2)9-7-12/h3-9,15,17H,10H2,1-2H3. The van der Waals surface area contributed by atoms with Gasteiger partial charge in [0, 0.05) is 5.69 Å². The lowest BCUT2D eigenvalue weighted by atomic mass is 10.0. The summed E-state index contributed by atoms with van der Waals surface area (Å²) in [6.07, 6.45) is 1.06. The molecule has 0 aromatic heterocycles. The summed E-state index contributed by atoms with van der Waals surface area (Å²) < 4.78 is 5.19. The van der Waals surface area contributed by atoms with Crippen LogP contribution in [0, 0.1) is 6.92 Å². The van der Waals surface area contributed by atoms with E-state index in [1.54, 1.807) is 7.11 Å². The number of ether oxygens (including phenoxy) is 1. The Kier molecular flexibility index (Phi) is 2.71. The summed E-state index contributed by atoms with van der Waals surface area (Å²) >= 11 is 0. The monoisotopic (exact) mass is 239 g/mol. The average Bonchev–Trinajstić information content (AvgIpc) is 2.84. The lowest BCUT2D eigenvalue weighted by Crippen LogP contribution is -2.05. The van der Waals surface area contributed by atoms with Crippen LogP contribution < -0.4 is 10.1 Å². The molecule has 1 aliphatic heterocycles. The van der Waals surface area contributed by atoms with Gasteiger partial charge in [0.15, 0.2) is 0 Å². The number of benzene rings is 2. The van der Waals surface area contributed by atoms with Crippen LogP contribution in [0.1, 0.15) is 22.7 Å². The fourth-order valence-electron chi connectivity index (χ4n) is 2.59. The highest BCUT2D eigenvalue weighted by atomic mass is 16.5. The Morgan fingerprint density at radius 1 is 1.11 bits per heavy atom. The Balaban J connectivity index is 1.86. The van der Waals surface area contributed by atoms with E-state index in [0.29, 0.717) is 6.04 Å². The Labute approximate surface area is 108 Å². The molecule has 0 bridgehead atoms. The third-order valence-electron chi connectivity index (χ3n) is 3.62. The number of aryl methyl sites for hydroxylation is 1. The van der Waals surface area contributed by atoms with E-state index in [-0.39, 0.29) is 0 Å². The van der Waals surface area contributed by atoms with Gasteiger partial charge in [-0.2, -0.15) is 0 Å². The summed E-state index contributed by atoms with van der Waals surface area (Å²) in [6, 6.07) is 15.2. The minimum absolute atomic E-state index is 0.381. The van der Waals surface area contributed by atoms with Gasteiger partial charge in [0.2, 0.25) is 0 Å². The zero-order valence-electron chi connectivity index (χ0n) is 10.7. The SMILES string of the molecule is COc1ccc(C2Cc3cccc(C)c3N2)cc1. The van der Waals surface area contributed by atoms with Crippen molar-refractivity contribution < 1.29 is 4.74 Å². The molecule has 0 fully saturated rings. The minimum Gasteiger partial charge on any atom is -0.497 e. The van der Waals surface area contributed by atoms with Crippen molar-refractivity contribution in [2.24, 2.45) is 0 Å². The van der Waals surface area contributed by atoms with Crippen molar-refractivity contribution in [3.63, 3.8) is 0 Å². The summed E-state index contributed by atoms with van der Waals surface area (Å²) in [5.41, 5.74) is 5.35. The number of hydrogen-bond donors (Lipinski definition) is 1. The fraction of sp³-hybridized carbons (Fsp3) is 0.250. The average molecular weight is 239 g/mol. The maximum Gasteiger partial charge on any atom is 0.118 e. The normalized spacial score (nSPS) is 17.1. The highest BCUT2D eigenvalue weighted by Crippen LogP contribution is 2.36. The van der Waals surface area contributed by atoms with Crippen LogP contribution in [0.2, 0.25) is 0 Å². The van der Waals surface area contributed by atoms with Crippen molar-refractivity contribution in [1.82, 2.24) is 0 Å². The van der Waals surface area contributed by atoms with Crippen molar-refractivity contribution in [3.8, 4) is 5.75 Å². The molecule has 1 N–H and O–H groups in total. The molecule has 2 nitrogen and oxygen atoms in total. The number of anilines is 1. The van der Waals surface area contributed by atoms with Crippen molar-refractivity contribution in [2.45, 2.75) is 19.4 Å². The predicted molar refractivity (Wildman–Crippen MR) is 74.2 cm³/mol. The molecule has 0 radical (unpaired) electrons. The van der Waals surface area contributed by atoms with Crippen LogP contribution in [0.4, 0.5) is 5.69 Å². The molecule has 1 atom stereocenters. The molecular weight excluding hydrogens is 222 g/mol. The number of nitrogens with one attached hydrogen (secondary N) is 1. The molecule has 0 amide bonds. The van der Waals surface area contributed by atoms with Crippen LogP contribution in [0.15, 0.2) is 42.5 Å². The van der Waals surface area contributed by atoms with Crippen molar-refractivity contribution in [1.29, 1.82) is 0 Å². The van der Waals surface area contributed by atoms with E-state index in [1.165, 1.54) is 22.4 Å². The first-order valence-corrected chi connectivity index (χ1v) is 6.27. The van der Waals surface area contributed by atoms with Crippen LogP contribution in [0.25, 0.3) is 0 Å². The van der Waals surface area contributed by atoms with Gasteiger partial charge in [-0.25, -0.2) is 0 Å². The number of methoxy groups -OCH3 is 1. The maximum absolute atomic E-state index is 5.19. The largest absolute Gasteiger partial charge is 0.497 e. The smallest absolute Gasteiger partial charge is 0.118 e. The highest BCUT2D eigenvalue weighted by Gasteiger charge is 2.22. The van der Waals surface area contributed by atoms with Crippen LogP contribution >= 0.6 is 0 Å². The lowest BCUT2D eigenvalue weighted by Gasteiger charge is -2.12. The number of fused-ring (bicyclic) bond motifs is 1. The molecule has 2 heteroatoms. The molecule has 0 spiro atoms. The Hall–Kier alpha value is -1.96. The number of rotatable bonds is 2. The molecule has 1 aliphatic rings. The lowest BCUT2D eigenvalue weighted by molar-refractivity contribution is 0.414. The van der Waals surface area contributed by atoms with Crippen molar-refractivity contribution >= 4 is 5.69 Å². The van der Waals surface area contributed by atoms with E-state index in [1.807, 2.05) is 12.1 Å². The molecule has 1 heterocycles. The molecule has 0 saturated heterocycles. The first-order valence-electron chi connectivity index (χ1n) is 6.27. The first-order chi connectivity index (χ1) is 8.78. The van der Waals surface area contributed by atoms with Gasteiger partial charge in [-0.1, -0.05) is 30.3 Å².